The van der Waals surface area contributed by atoms with E-state index in [0.29, 0.717) is 13.0 Å². The molecule has 3 heteroatoms. The summed E-state index contributed by atoms with van der Waals surface area (Å²) in [6, 6.07) is 19.4. The molecule has 0 aliphatic carbocycles. The summed E-state index contributed by atoms with van der Waals surface area (Å²) < 4.78 is 5.44. The molecule has 0 spiro atoms. The molecule has 1 unspecified atom stereocenters. The summed E-state index contributed by atoms with van der Waals surface area (Å²) in [6.45, 7) is 4.56. The molecule has 2 aromatic carbocycles. The van der Waals surface area contributed by atoms with Crippen LogP contribution in [0.1, 0.15) is 42.0 Å². The van der Waals surface area contributed by atoms with Gasteiger partial charge in [0.2, 0.25) is 0 Å². The van der Waals surface area contributed by atoms with Crippen LogP contribution in [-0.2, 0) is 11.2 Å². The van der Waals surface area contributed by atoms with Crippen molar-refractivity contribution in [2.75, 3.05) is 6.61 Å². The van der Waals surface area contributed by atoms with E-state index in [0.717, 1.165) is 28.0 Å². The van der Waals surface area contributed by atoms with E-state index in [1.807, 2.05) is 74.5 Å². The van der Waals surface area contributed by atoms with Gasteiger partial charge in [0.05, 0.1) is 6.61 Å². The van der Waals surface area contributed by atoms with Crippen LogP contribution >= 0.6 is 0 Å². The summed E-state index contributed by atoms with van der Waals surface area (Å²) in [6.07, 6.45) is 3.85. The van der Waals surface area contributed by atoms with Crippen LogP contribution in [0.3, 0.4) is 0 Å². The molecule has 0 saturated heterocycles. The second kappa shape index (κ2) is 9.53. The number of carbonyl (C=O) groups excluding carboxylic acids is 1. The Hall–Kier alpha value is -3.38. The molecule has 3 rings (SSSR count). The number of pyridine rings is 1. The maximum absolute atomic E-state index is 12.5. The van der Waals surface area contributed by atoms with Crippen LogP contribution in [-0.4, -0.2) is 17.4 Å². The molecule has 1 heterocycles. The third-order valence-electron chi connectivity index (χ3n) is 4.51. The van der Waals surface area contributed by atoms with Crippen molar-refractivity contribution in [1.29, 1.82) is 0 Å². The average molecular weight is 369 g/mol. The van der Waals surface area contributed by atoms with Gasteiger partial charge < -0.3 is 4.74 Å². The molecular weight excluding hydrogens is 346 g/mol. The van der Waals surface area contributed by atoms with Gasteiger partial charge in [0.25, 0.3) is 0 Å². The highest BCUT2D eigenvalue weighted by Crippen LogP contribution is 2.19. The summed E-state index contributed by atoms with van der Waals surface area (Å²) in [5, 5.41) is 0. The molecule has 1 atom stereocenters. The molecule has 140 valence electrons. The van der Waals surface area contributed by atoms with Crippen molar-refractivity contribution >= 4 is 5.78 Å². The number of ether oxygens (including phenoxy) is 1. The van der Waals surface area contributed by atoms with Crippen molar-refractivity contribution < 1.29 is 9.53 Å². The Morgan fingerprint density at radius 3 is 2.21 bits per heavy atom. The third-order valence-corrected chi connectivity index (χ3v) is 4.51. The van der Waals surface area contributed by atoms with Gasteiger partial charge in [0.15, 0.2) is 0 Å². The first-order valence-corrected chi connectivity index (χ1v) is 9.42. The van der Waals surface area contributed by atoms with Crippen molar-refractivity contribution in [3.8, 4) is 17.6 Å². The Balaban J connectivity index is 1.64. The highest BCUT2D eigenvalue weighted by atomic mass is 16.5. The van der Waals surface area contributed by atoms with Crippen LogP contribution < -0.4 is 4.74 Å². The Labute approximate surface area is 166 Å². The zero-order valence-corrected chi connectivity index (χ0v) is 16.2. The van der Waals surface area contributed by atoms with Gasteiger partial charge in [0.1, 0.15) is 11.5 Å². The van der Waals surface area contributed by atoms with Gasteiger partial charge in [-0.3, -0.25) is 9.78 Å². The first-order chi connectivity index (χ1) is 13.7. The summed E-state index contributed by atoms with van der Waals surface area (Å²) >= 11 is 0. The van der Waals surface area contributed by atoms with Crippen molar-refractivity contribution in [3.05, 3.63) is 95.3 Å². The number of Topliss-reactive ketones (excluding diaryl/α,β-unsaturated/α-hetero) is 1. The summed E-state index contributed by atoms with van der Waals surface area (Å²) in [4.78, 5) is 16.6. The van der Waals surface area contributed by atoms with E-state index < -0.39 is 0 Å². The molecule has 0 bridgehead atoms. The van der Waals surface area contributed by atoms with Gasteiger partial charge in [0, 0.05) is 35.9 Å². The Kier molecular flexibility index (Phi) is 6.59. The lowest BCUT2D eigenvalue weighted by Crippen LogP contribution is -2.12. The second-order valence-electron chi connectivity index (χ2n) is 6.56. The largest absolute Gasteiger partial charge is 0.494 e. The number of aromatic nitrogens is 1. The number of ketones is 1. The van der Waals surface area contributed by atoms with E-state index in [9.17, 15) is 4.79 Å². The zero-order chi connectivity index (χ0) is 19.8. The monoisotopic (exact) mass is 369 g/mol. The first kappa shape index (κ1) is 19.4. The van der Waals surface area contributed by atoms with Gasteiger partial charge in [-0.1, -0.05) is 37.0 Å². The van der Waals surface area contributed by atoms with Crippen LogP contribution in [0.15, 0.2) is 73.1 Å². The van der Waals surface area contributed by atoms with E-state index in [2.05, 4.69) is 16.8 Å². The van der Waals surface area contributed by atoms with Gasteiger partial charge in [-0.25, -0.2) is 0 Å². The molecule has 0 amide bonds. The van der Waals surface area contributed by atoms with Crippen LogP contribution in [0.25, 0.3) is 0 Å². The van der Waals surface area contributed by atoms with Crippen molar-refractivity contribution in [3.63, 3.8) is 0 Å². The molecule has 0 fully saturated rings. The predicted octanol–water partition coefficient (Wildman–Crippen LogP) is 4.80. The quantitative estimate of drug-likeness (QED) is 0.586. The van der Waals surface area contributed by atoms with Gasteiger partial charge in [-0.15, -0.1) is 0 Å². The van der Waals surface area contributed by atoms with E-state index in [1.54, 1.807) is 12.4 Å². The molecule has 0 aliphatic heterocycles. The highest BCUT2D eigenvalue weighted by molar-refractivity contribution is 5.87. The summed E-state index contributed by atoms with van der Waals surface area (Å²) in [5.74, 6) is 7.19. The molecule has 3 nitrogen and oxygen atoms in total. The maximum atomic E-state index is 12.5. The van der Waals surface area contributed by atoms with Crippen molar-refractivity contribution in [1.82, 2.24) is 4.98 Å². The number of carbonyl (C=O) groups is 1. The molecule has 0 radical (unpaired) electrons. The molecule has 1 aromatic heterocycles. The second-order valence-corrected chi connectivity index (χ2v) is 6.56. The van der Waals surface area contributed by atoms with E-state index in [4.69, 9.17) is 4.74 Å². The average Bonchev–Trinajstić information content (AvgIpc) is 2.74. The number of hydrogen-bond donors (Lipinski definition) is 0. The van der Waals surface area contributed by atoms with E-state index >= 15 is 0 Å². The molecule has 0 saturated carbocycles. The number of benzene rings is 2. The van der Waals surface area contributed by atoms with Crippen LogP contribution in [0.2, 0.25) is 0 Å². The zero-order valence-electron chi connectivity index (χ0n) is 16.2. The summed E-state index contributed by atoms with van der Waals surface area (Å²) in [7, 11) is 0. The Morgan fingerprint density at radius 1 is 1.00 bits per heavy atom. The minimum atomic E-state index is -0.159. The maximum Gasteiger partial charge on any atom is 0.144 e. The smallest absolute Gasteiger partial charge is 0.144 e. The highest BCUT2D eigenvalue weighted by Gasteiger charge is 2.15. The lowest BCUT2D eigenvalue weighted by Gasteiger charge is -2.11. The normalized spacial score (nSPS) is 11.2. The Bertz CT molecular complexity index is 965. The van der Waals surface area contributed by atoms with E-state index in [-0.39, 0.29) is 11.7 Å². The van der Waals surface area contributed by atoms with Crippen molar-refractivity contribution in [2.24, 2.45) is 0 Å². The number of hydrogen-bond acceptors (Lipinski definition) is 3. The topological polar surface area (TPSA) is 39.2 Å². The standard InChI is InChI=1S/C25H23NO2/c1-3-28-24-14-10-21(11-15-24)7-6-20-8-12-23(13-9-20)19(2)25(27)17-22-5-4-16-26-18-22/h4-5,8-16,18-19H,3,17H2,1-2H3. The van der Waals surface area contributed by atoms with Crippen molar-refractivity contribution in [2.45, 2.75) is 26.2 Å². The van der Waals surface area contributed by atoms with Crippen LogP contribution in [0.4, 0.5) is 0 Å². The molecule has 28 heavy (non-hydrogen) atoms. The fourth-order valence-corrected chi connectivity index (χ4v) is 2.84. The van der Waals surface area contributed by atoms with Gasteiger partial charge in [-0.2, -0.15) is 0 Å². The molecule has 0 aliphatic rings. The Morgan fingerprint density at radius 2 is 1.64 bits per heavy atom. The summed E-state index contributed by atoms with van der Waals surface area (Å²) in [5.41, 5.74) is 3.80. The number of rotatable bonds is 6. The van der Waals surface area contributed by atoms with Gasteiger partial charge >= 0.3 is 0 Å². The molecule has 3 aromatic rings. The predicted molar refractivity (Wildman–Crippen MR) is 111 cm³/mol. The van der Waals surface area contributed by atoms with Crippen LogP contribution in [0.5, 0.6) is 5.75 Å². The minimum absolute atomic E-state index is 0.159. The molecular formula is C25H23NO2. The fraction of sp³-hybridized carbons (Fsp3) is 0.200. The minimum Gasteiger partial charge on any atom is -0.494 e. The third kappa shape index (κ3) is 5.31. The van der Waals surface area contributed by atoms with Gasteiger partial charge in [-0.05, 0) is 60.5 Å². The fourth-order valence-electron chi connectivity index (χ4n) is 2.84. The lowest BCUT2D eigenvalue weighted by molar-refractivity contribution is -0.119. The van der Waals surface area contributed by atoms with Crippen LogP contribution in [0, 0.1) is 11.8 Å². The molecule has 0 N–H and O–H groups in total. The lowest BCUT2D eigenvalue weighted by atomic mass is 9.92. The first-order valence-electron chi connectivity index (χ1n) is 9.42. The SMILES string of the molecule is CCOc1ccc(C#Cc2ccc(C(C)C(=O)Cc3cccnc3)cc2)cc1. The van der Waals surface area contributed by atoms with E-state index in [1.165, 1.54) is 0 Å². The number of nitrogens with zero attached hydrogens (tertiary/aromatic N) is 1.